The van der Waals surface area contributed by atoms with Gasteiger partial charge >= 0.3 is 0 Å². The van der Waals surface area contributed by atoms with Crippen LogP contribution >= 0.6 is 23.7 Å². The van der Waals surface area contributed by atoms with E-state index in [1.165, 1.54) is 0 Å². The maximum atomic E-state index is 13.6. The monoisotopic (exact) mass is 463 g/mol. The number of ether oxygens (including phenoxy) is 1. The van der Waals surface area contributed by atoms with E-state index in [4.69, 9.17) is 9.72 Å². The lowest BCUT2D eigenvalue weighted by Crippen LogP contribution is -2.39. The number of fused-ring (bicyclic) bond motifs is 1. The molecular weight excluding hydrogens is 434 g/mol. The van der Waals surface area contributed by atoms with Gasteiger partial charge in [-0.05, 0) is 45.4 Å². The van der Waals surface area contributed by atoms with Crippen LogP contribution in [0.2, 0.25) is 0 Å². The Bertz CT molecular complexity index is 979. The number of hydrogen-bond donors (Lipinski definition) is 0. The van der Waals surface area contributed by atoms with Gasteiger partial charge in [0.2, 0.25) is 0 Å². The molecule has 0 atom stereocenters. The van der Waals surface area contributed by atoms with E-state index >= 15 is 0 Å². The molecule has 7 nitrogen and oxygen atoms in total. The van der Waals surface area contributed by atoms with Crippen molar-refractivity contribution in [3.63, 3.8) is 0 Å². The van der Waals surface area contributed by atoms with Gasteiger partial charge in [-0.3, -0.25) is 19.3 Å². The number of benzene rings is 1. The highest BCUT2D eigenvalue weighted by Gasteiger charge is 2.26. The van der Waals surface area contributed by atoms with Crippen LogP contribution < -0.4 is 4.90 Å². The first kappa shape index (κ1) is 23.7. The summed E-state index contributed by atoms with van der Waals surface area (Å²) < 4.78 is 8.35. The third-order valence-corrected chi connectivity index (χ3v) is 6.34. The number of aryl methyl sites for hydroxylation is 1. The highest BCUT2D eigenvalue weighted by atomic mass is 35.5. The van der Waals surface area contributed by atoms with Crippen LogP contribution in [0.25, 0.3) is 10.2 Å². The fraction of sp³-hybridized carbons (Fsp3) is 0.500. The zero-order chi connectivity index (χ0) is 21.1. The second-order valence-electron chi connectivity index (χ2n) is 7.94. The minimum absolute atomic E-state index is 0. The molecule has 0 bridgehead atoms. The molecule has 4 rings (SSSR count). The summed E-state index contributed by atoms with van der Waals surface area (Å²) in [4.78, 5) is 22.6. The van der Waals surface area contributed by atoms with E-state index in [0.29, 0.717) is 12.2 Å². The van der Waals surface area contributed by atoms with E-state index in [2.05, 4.69) is 16.1 Å². The number of amides is 1. The number of para-hydroxylation sites is 1. The first-order chi connectivity index (χ1) is 14.5. The first-order valence-electron chi connectivity index (χ1n) is 10.6. The van der Waals surface area contributed by atoms with E-state index in [0.717, 1.165) is 60.3 Å². The minimum Gasteiger partial charge on any atom is -0.379 e. The summed E-state index contributed by atoms with van der Waals surface area (Å²) in [5.41, 5.74) is 2.40. The average Bonchev–Trinajstić information content (AvgIpc) is 3.35. The number of carbonyl (C=O) groups excluding carboxylic acids is 1. The summed E-state index contributed by atoms with van der Waals surface area (Å²) in [5.74, 6) is -0.0367. The number of rotatable bonds is 7. The molecular formula is C22H30ClN5O2S. The number of nitrogens with zero attached hydrogens (tertiary/aromatic N) is 5. The van der Waals surface area contributed by atoms with Gasteiger partial charge in [0.15, 0.2) is 5.13 Å². The molecule has 0 aliphatic carbocycles. The Kier molecular flexibility index (Phi) is 8.05. The summed E-state index contributed by atoms with van der Waals surface area (Å²) >= 11 is 1.57. The van der Waals surface area contributed by atoms with Crippen molar-refractivity contribution in [2.75, 3.05) is 44.3 Å². The average molecular weight is 464 g/mol. The Balaban J connectivity index is 0.00000272. The summed E-state index contributed by atoms with van der Waals surface area (Å²) in [6, 6.07) is 10.0. The molecule has 31 heavy (non-hydrogen) atoms. The molecule has 1 aliphatic rings. The molecule has 0 N–H and O–H groups in total. The van der Waals surface area contributed by atoms with Crippen LogP contribution in [0.3, 0.4) is 0 Å². The van der Waals surface area contributed by atoms with Crippen LogP contribution in [0, 0.1) is 6.92 Å². The number of carbonyl (C=O) groups is 1. The largest absolute Gasteiger partial charge is 0.379 e. The van der Waals surface area contributed by atoms with Gasteiger partial charge in [0.1, 0.15) is 5.69 Å². The molecule has 1 aromatic carbocycles. The maximum absolute atomic E-state index is 13.6. The molecule has 0 unspecified atom stereocenters. The highest BCUT2D eigenvalue weighted by Crippen LogP contribution is 2.30. The number of anilines is 1. The fourth-order valence-corrected chi connectivity index (χ4v) is 4.74. The van der Waals surface area contributed by atoms with Crippen LogP contribution in [0.15, 0.2) is 30.3 Å². The molecule has 0 spiro atoms. The molecule has 1 aliphatic heterocycles. The summed E-state index contributed by atoms with van der Waals surface area (Å²) in [5, 5.41) is 5.28. The summed E-state index contributed by atoms with van der Waals surface area (Å²) in [7, 11) is 0. The second kappa shape index (κ2) is 10.5. The Morgan fingerprint density at radius 2 is 2.00 bits per heavy atom. The van der Waals surface area contributed by atoms with Gasteiger partial charge in [-0.1, -0.05) is 23.5 Å². The normalized spacial score (nSPS) is 14.7. The minimum atomic E-state index is -0.0367. The third kappa shape index (κ3) is 5.44. The van der Waals surface area contributed by atoms with E-state index < -0.39 is 0 Å². The third-order valence-electron chi connectivity index (χ3n) is 5.28. The standard InChI is InChI=1S/C22H29N5O2S.ClH/c1-16(2)27-19(15-17(3)24-27)21(28)26(10-6-9-25-11-13-29-14-12-25)22-23-18-7-4-5-8-20(18)30-22;/h4-5,7-8,15-16H,6,9-14H2,1-3H3;1H. The molecule has 2 aromatic heterocycles. The van der Waals surface area contributed by atoms with Gasteiger partial charge < -0.3 is 4.74 Å². The van der Waals surface area contributed by atoms with Gasteiger partial charge in [0.25, 0.3) is 5.91 Å². The Hall–Kier alpha value is -2.00. The van der Waals surface area contributed by atoms with Crippen LogP contribution in [0.4, 0.5) is 5.13 Å². The van der Waals surface area contributed by atoms with E-state index in [-0.39, 0.29) is 24.4 Å². The fourth-order valence-electron chi connectivity index (χ4n) is 3.75. The second-order valence-corrected chi connectivity index (χ2v) is 8.95. The molecule has 3 heterocycles. The number of morpholine rings is 1. The van der Waals surface area contributed by atoms with Gasteiger partial charge in [-0.2, -0.15) is 5.10 Å². The van der Waals surface area contributed by atoms with Crippen molar-refractivity contribution in [2.24, 2.45) is 0 Å². The predicted molar refractivity (Wildman–Crippen MR) is 128 cm³/mol. The molecule has 1 fully saturated rings. The van der Waals surface area contributed by atoms with Crippen molar-refractivity contribution < 1.29 is 9.53 Å². The van der Waals surface area contributed by atoms with Crippen molar-refractivity contribution in [3.8, 4) is 0 Å². The van der Waals surface area contributed by atoms with E-state index in [1.54, 1.807) is 11.3 Å². The SMILES string of the molecule is Cc1cc(C(=O)N(CCCN2CCOCC2)c2nc3ccccc3s2)n(C(C)C)n1.Cl. The van der Waals surface area contributed by atoms with E-state index in [9.17, 15) is 4.79 Å². The number of halogens is 1. The van der Waals surface area contributed by atoms with Crippen molar-refractivity contribution in [1.29, 1.82) is 0 Å². The Morgan fingerprint density at radius 3 is 2.71 bits per heavy atom. The van der Waals surface area contributed by atoms with Crippen molar-refractivity contribution in [1.82, 2.24) is 19.7 Å². The highest BCUT2D eigenvalue weighted by molar-refractivity contribution is 7.22. The van der Waals surface area contributed by atoms with Crippen LogP contribution in [0.1, 0.15) is 42.5 Å². The molecule has 1 amide bonds. The maximum Gasteiger partial charge on any atom is 0.278 e. The summed E-state index contributed by atoms with van der Waals surface area (Å²) in [6.07, 6.45) is 0.885. The van der Waals surface area contributed by atoms with Gasteiger partial charge in [-0.15, -0.1) is 12.4 Å². The Labute approximate surface area is 193 Å². The smallest absolute Gasteiger partial charge is 0.278 e. The van der Waals surface area contributed by atoms with Crippen molar-refractivity contribution in [3.05, 3.63) is 41.7 Å². The quantitative estimate of drug-likeness (QED) is 0.526. The molecule has 3 aromatic rings. The van der Waals surface area contributed by atoms with Crippen molar-refractivity contribution >= 4 is 45.0 Å². The lowest BCUT2D eigenvalue weighted by molar-refractivity contribution is 0.0376. The van der Waals surface area contributed by atoms with Gasteiger partial charge in [0, 0.05) is 32.2 Å². The lowest BCUT2D eigenvalue weighted by Gasteiger charge is -2.28. The number of aromatic nitrogens is 3. The van der Waals surface area contributed by atoms with Crippen molar-refractivity contribution in [2.45, 2.75) is 33.2 Å². The first-order valence-corrected chi connectivity index (χ1v) is 11.4. The molecule has 1 saturated heterocycles. The summed E-state index contributed by atoms with van der Waals surface area (Å²) in [6.45, 7) is 11.1. The molecule has 9 heteroatoms. The zero-order valence-electron chi connectivity index (χ0n) is 18.3. The van der Waals surface area contributed by atoms with Gasteiger partial charge in [0.05, 0.1) is 29.1 Å². The van der Waals surface area contributed by atoms with Gasteiger partial charge in [-0.25, -0.2) is 4.98 Å². The number of thiazole rings is 1. The predicted octanol–water partition coefficient (Wildman–Crippen LogP) is 4.17. The molecule has 0 radical (unpaired) electrons. The van der Waals surface area contributed by atoms with Crippen LogP contribution in [-0.4, -0.2) is 65.0 Å². The zero-order valence-corrected chi connectivity index (χ0v) is 19.9. The number of hydrogen-bond acceptors (Lipinski definition) is 6. The molecule has 0 saturated carbocycles. The Morgan fingerprint density at radius 1 is 1.26 bits per heavy atom. The lowest BCUT2D eigenvalue weighted by atomic mass is 10.2. The van der Waals surface area contributed by atoms with E-state index in [1.807, 2.05) is 54.6 Å². The van der Waals surface area contributed by atoms with Crippen LogP contribution in [-0.2, 0) is 4.74 Å². The topological polar surface area (TPSA) is 63.5 Å². The van der Waals surface area contributed by atoms with Crippen LogP contribution in [0.5, 0.6) is 0 Å². The molecule has 168 valence electrons.